The van der Waals surface area contributed by atoms with E-state index in [0.29, 0.717) is 6.61 Å². The molecule has 0 bridgehead atoms. The zero-order chi connectivity index (χ0) is 16.1. The first-order valence-corrected chi connectivity index (χ1v) is 8.91. The molecule has 1 saturated carbocycles. The summed E-state index contributed by atoms with van der Waals surface area (Å²) in [6, 6.07) is 10.2. The molecule has 5 heteroatoms. The summed E-state index contributed by atoms with van der Waals surface area (Å²) >= 11 is 0. The Hall–Kier alpha value is -1.10. The average molecular weight is 353 g/mol. The maximum Gasteiger partial charge on any atom is 0.242 e. The monoisotopic (exact) mass is 352 g/mol. The van der Waals surface area contributed by atoms with Crippen molar-refractivity contribution in [1.29, 1.82) is 0 Å². The number of amides is 1. The Balaban J connectivity index is 0.00000208. The van der Waals surface area contributed by atoms with Crippen LogP contribution in [0.3, 0.4) is 0 Å². The summed E-state index contributed by atoms with van der Waals surface area (Å²) in [6.45, 7) is 2.20. The maximum atomic E-state index is 12.7. The van der Waals surface area contributed by atoms with Crippen molar-refractivity contribution in [3.8, 4) is 0 Å². The predicted molar refractivity (Wildman–Crippen MR) is 98.1 cm³/mol. The van der Waals surface area contributed by atoms with Crippen LogP contribution in [-0.2, 0) is 16.1 Å². The van der Waals surface area contributed by atoms with Crippen molar-refractivity contribution in [2.45, 2.75) is 63.2 Å². The lowest BCUT2D eigenvalue weighted by molar-refractivity contribution is -0.141. The minimum atomic E-state index is -0.601. The van der Waals surface area contributed by atoms with Crippen molar-refractivity contribution in [1.82, 2.24) is 4.90 Å². The smallest absolute Gasteiger partial charge is 0.242 e. The summed E-state index contributed by atoms with van der Waals surface area (Å²) in [6.07, 6.45) is 7.13. The second kappa shape index (κ2) is 8.84. The zero-order valence-corrected chi connectivity index (χ0v) is 15.1. The fourth-order valence-electron chi connectivity index (χ4n) is 3.73. The highest BCUT2D eigenvalue weighted by molar-refractivity contribution is 5.86. The summed E-state index contributed by atoms with van der Waals surface area (Å²) in [4.78, 5) is 14.7. The first-order valence-electron chi connectivity index (χ1n) is 8.91. The van der Waals surface area contributed by atoms with Gasteiger partial charge < -0.3 is 15.4 Å². The molecule has 1 amide bonds. The number of hydrogen-bond acceptors (Lipinski definition) is 3. The van der Waals surface area contributed by atoms with E-state index in [1.807, 2.05) is 23.1 Å². The molecule has 2 aliphatic rings. The van der Waals surface area contributed by atoms with Crippen LogP contribution in [0.5, 0.6) is 0 Å². The lowest BCUT2D eigenvalue weighted by atomic mass is 9.81. The van der Waals surface area contributed by atoms with E-state index in [4.69, 9.17) is 10.5 Å². The highest BCUT2D eigenvalue weighted by Gasteiger charge is 2.39. The lowest BCUT2D eigenvalue weighted by Crippen LogP contribution is -2.58. The van der Waals surface area contributed by atoms with Crippen molar-refractivity contribution in [3.05, 3.63) is 35.9 Å². The van der Waals surface area contributed by atoms with Gasteiger partial charge >= 0.3 is 0 Å². The Kier molecular flexibility index (Phi) is 7.08. The topological polar surface area (TPSA) is 55.6 Å². The van der Waals surface area contributed by atoms with Gasteiger partial charge in [0.15, 0.2) is 0 Å². The third kappa shape index (κ3) is 4.71. The van der Waals surface area contributed by atoms with E-state index < -0.39 is 5.54 Å². The second-order valence-electron chi connectivity index (χ2n) is 7.00. The van der Waals surface area contributed by atoms with Gasteiger partial charge in [0.25, 0.3) is 0 Å². The number of rotatable bonds is 4. The molecule has 134 valence electrons. The molecule has 4 nitrogen and oxygen atoms in total. The molecule has 1 aromatic carbocycles. The molecular weight excluding hydrogens is 324 g/mol. The molecule has 0 unspecified atom stereocenters. The molecule has 1 aliphatic heterocycles. The van der Waals surface area contributed by atoms with E-state index in [2.05, 4.69) is 12.1 Å². The molecule has 0 atom stereocenters. The van der Waals surface area contributed by atoms with Crippen LogP contribution < -0.4 is 5.73 Å². The number of nitrogens with zero attached hydrogens (tertiary/aromatic N) is 1. The summed E-state index contributed by atoms with van der Waals surface area (Å²) in [7, 11) is 0. The first-order chi connectivity index (χ1) is 11.2. The molecule has 1 aromatic rings. The van der Waals surface area contributed by atoms with E-state index in [-0.39, 0.29) is 24.4 Å². The molecular formula is C19H29ClN2O2. The third-order valence-corrected chi connectivity index (χ3v) is 5.23. The Morgan fingerprint density at radius 3 is 2.38 bits per heavy atom. The van der Waals surface area contributed by atoms with Crippen LogP contribution >= 0.6 is 12.4 Å². The molecule has 1 saturated heterocycles. The quantitative estimate of drug-likeness (QED) is 0.904. The maximum absolute atomic E-state index is 12.7. The lowest BCUT2D eigenvalue weighted by Gasteiger charge is -2.40. The van der Waals surface area contributed by atoms with E-state index in [9.17, 15) is 4.79 Å². The van der Waals surface area contributed by atoms with Crippen molar-refractivity contribution >= 4 is 18.3 Å². The Morgan fingerprint density at radius 1 is 1.12 bits per heavy atom. The summed E-state index contributed by atoms with van der Waals surface area (Å²) in [5, 5.41) is 0. The number of hydrogen-bond donors (Lipinski definition) is 1. The van der Waals surface area contributed by atoms with Crippen LogP contribution in [0, 0.1) is 0 Å². The van der Waals surface area contributed by atoms with Crippen LogP contribution in [0.15, 0.2) is 30.3 Å². The molecule has 24 heavy (non-hydrogen) atoms. The van der Waals surface area contributed by atoms with Gasteiger partial charge in [-0.2, -0.15) is 0 Å². The van der Waals surface area contributed by atoms with Gasteiger partial charge in [-0.3, -0.25) is 4.79 Å². The minimum Gasteiger partial charge on any atom is -0.373 e. The van der Waals surface area contributed by atoms with Crippen LogP contribution in [-0.4, -0.2) is 35.5 Å². The van der Waals surface area contributed by atoms with Crippen LogP contribution in [0.2, 0.25) is 0 Å². The molecule has 3 rings (SSSR count). The Bertz CT molecular complexity index is 509. The number of piperidine rings is 1. The van der Waals surface area contributed by atoms with Crippen LogP contribution in [0.4, 0.5) is 0 Å². The number of ether oxygens (including phenoxy) is 1. The second-order valence-corrected chi connectivity index (χ2v) is 7.00. The highest BCUT2D eigenvalue weighted by atomic mass is 35.5. The number of nitrogens with two attached hydrogens (primary N) is 1. The number of carbonyl (C=O) groups excluding carboxylic acids is 1. The van der Waals surface area contributed by atoms with Crippen molar-refractivity contribution < 1.29 is 9.53 Å². The summed E-state index contributed by atoms with van der Waals surface area (Å²) in [5.41, 5.74) is 6.98. The average Bonchev–Trinajstić information content (AvgIpc) is 2.61. The Morgan fingerprint density at radius 2 is 1.75 bits per heavy atom. The molecule has 2 N–H and O–H groups in total. The first kappa shape index (κ1) is 19.2. The standard InChI is InChI=1S/C19H28N2O2.ClH/c20-19(11-5-2-6-12-19)18(22)21-13-9-17(10-14-21)23-15-16-7-3-1-4-8-16;/h1,3-4,7-8,17H,2,5-6,9-15,20H2;1H. The number of benzene rings is 1. The largest absolute Gasteiger partial charge is 0.373 e. The SMILES string of the molecule is Cl.NC1(C(=O)N2CCC(OCc3ccccc3)CC2)CCCCC1. The molecule has 1 aliphatic carbocycles. The van der Waals surface area contributed by atoms with E-state index in [1.165, 1.54) is 12.0 Å². The number of likely N-dealkylation sites (tertiary alicyclic amines) is 1. The number of carbonyl (C=O) groups is 1. The van der Waals surface area contributed by atoms with Gasteiger partial charge in [-0.05, 0) is 31.2 Å². The summed E-state index contributed by atoms with van der Waals surface area (Å²) in [5.74, 6) is 0.165. The molecule has 2 fully saturated rings. The molecule has 0 radical (unpaired) electrons. The third-order valence-electron chi connectivity index (χ3n) is 5.23. The van der Waals surface area contributed by atoms with Crippen molar-refractivity contribution in [3.63, 3.8) is 0 Å². The van der Waals surface area contributed by atoms with E-state index in [0.717, 1.165) is 51.6 Å². The predicted octanol–water partition coefficient (Wildman–Crippen LogP) is 3.28. The van der Waals surface area contributed by atoms with Gasteiger partial charge in [-0.15, -0.1) is 12.4 Å². The molecule has 1 heterocycles. The van der Waals surface area contributed by atoms with E-state index >= 15 is 0 Å². The normalized spacial score (nSPS) is 21.1. The number of halogens is 1. The molecule has 0 aromatic heterocycles. The van der Waals surface area contributed by atoms with Gasteiger partial charge in [0, 0.05) is 13.1 Å². The van der Waals surface area contributed by atoms with Gasteiger partial charge in [0.2, 0.25) is 5.91 Å². The van der Waals surface area contributed by atoms with Gasteiger partial charge in [-0.1, -0.05) is 49.6 Å². The van der Waals surface area contributed by atoms with Gasteiger partial charge in [0.05, 0.1) is 18.2 Å². The van der Waals surface area contributed by atoms with Gasteiger partial charge in [-0.25, -0.2) is 0 Å². The Labute approximate surface area is 151 Å². The summed E-state index contributed by atoms with van der Waals surface area (Å²) < 4.78 is 6.00. The highest BCUT2D eigenvalue weighted by Crippen LogP contribution is 2.29. The van der Waals surface area contributed by atoms with Crippen molar-refractivity contribution in [2.24, 2.45) is 5.73 Å². The van der Waals surface area contributed by atoms with E-state index in [1.54, 1.807) is 0 Å². The van der Waals surface area contributed by atoms with Gasteiger partial charge in [0.1, 0.15) is 0 Å². The molecule has 0 spiro atoms. The van der Waals surface area contributed by atoms with Crippen molar-refractivity contribution in [2.75, 3.05) is 13.1 Å². The minimum absolute atomic E-state index is 0. The fraction of sp³-hybridized carbons (Fsp3) is 0.632. The fourth-order valence-corrected chi connectivity index (χ4v) is 3.73. The van der Waals surface area contributed by atoms with Crippen LogP contribution in [0.25, 0.3) is 0 Å². The zero-order valence-electron chi connectivity index (χ0n) is 14.3. The van der Waals surface area contributed by atoms with Crippen LogP contribution in [0.1, 0.15) is 50.5 Å².